The van der Waals surface area contributed by atoms with Gasteiger partial charge in [0, 0.05) is 13.2 Å². The van der Waals surface area contributed by atoms with Crippen molar-refractivity contribution in [2.45, 2.75) is 6.10 Å². The highest BCUT2D eigenvalue weighted by Gasteiger charge is 2.16. The zero-order chi connectivity index (χ0) is 12.8. The summed E-state index contributed by atoms with van der Waals surface area (Å²) in [4.78, 5) is 27.0. The molecule has 0 radical (unpaired) electrons. The van der Waals surface area contributed by atoms with Gasteiger partial charge in [-0.15, -0.1) is 0 Å². The van der Waals surface area contributed by atoms with E-state index in [1.54, 1.807) is 18.3 Å². The second kappa shape index (κ2) is 5.80. The average Bonchev–Trinajstić information content (AvgIpc) is 2.35. The maximum atomic E-state index is 11.6. The van der Waals surface area contributed by atoms with Crippen LogP contribution in [0.3, 0.4) is 0 Å². The number of pyridine rings is 1. The van der Waals surface area contributed by atoms with Gasteiger partial charge in [-0.25, -0.2) is 9.59 Å². The zero-order valence-corrected chi connectivity index (χ0v) is 9.20. The third-order valence-electron chi connectivity index (χ3n) is 2.07. The minimum Gasteiger partial charge on any atom is -0.479 e. The molecule has 2 amide bonds. The summed E-state index contributed by atoms with van der Waals surface area (Å²) < 4.78 is 0. The monoisotopic (exact) mass is 239 g/mol. The summed E-state index contributed by atoms with van der Waals surface area (Å²) in [6, 6.07) is 2.84. The first-order valence-electron chi connectivity index (χ1n) is 4.85. The number of carbonyl (C=O) groups excluding carboxylic acids is 1. The maximum absolute atomic E-state index is 11.6. The zero-order valence-electron chi connectivity index (χ0n) is 9.20. The molecule has 0 fully saturated rings. The quantitative estimate of drug-likeness (QED) is 0.667. The molecule has 0 aliphatic carbocycles. The second-order valence-corrected chi connectivity index (χ2v) is 3.31. The van der Waals surface area contributed by atoms with Crippen LogP contribution in [0.25, 0.3) is 0 Å². The minimum atomic E-state index is -1.61. The molecule has 0 saturated carbocycles. The van der Waals surface area contributed by atoms with E-state index in [1.807, 2.05) is 0 Å². The van der Waals surface area contributed by atoms with Crippen LogP contribution in [0.1, 0.15) is 0 Å². The number of aromatic nitrogens is 1. The average molecular weight is 239 g/mol. The molecule has 1 rings (SSSR count). The predicted molar refractivity (Wildman–Crippen MR) is 59.7 cm³/mol. The number of nitrogens with one attached hydrogen (secondary N) is 1. The lowest BCUT2D eigenvalue weighted by Gasteiger charge is -2.18. The molecule has 7 nitrogen and oxygen atoms in total. The summed E-state index contributed by atoms with van der Waals surface area (Å²) >= 11 is 0. The maximum Gasteiger partial charge on any atom is 0.334 e. The predicted octanol–water partition coefficient (Wildman–Crippen LogP) is -0.327. The third-order valence-corrected chi connectivity index (χ3v) is 2.07. The van der Waals surface area contributed by atoms with Crippen molar-refractivity contribution in [2.75, 3.05) is 18.5 Å². The van der Waals surface area contributed by atoms with Gasteiger partial charge in [-0.3, -0.25) is 9.88 Å². The lowest BCUT2D eigenvalue weighted by molar-refractivity contribution is -0.146. The number of aliphatic hydroxyl groups excluding tert-OH is 1. The number of hydrogen-bond donors (Lipinski definition) is 3. The molecule has 0 unspecified atom stereocenters. The highest BCUT2D eigenvalue weighted by Crippen LogP contribution is 2.08. The summed E-state index contributed by atoms with van der Waals surface area (Å²) in [6.45, 7) is -0.348. The van der Waals surface area contributed by atoms with Gasteiger partial charge in [-0.2, -0.15) is 0 Å². The minimum absolute atomic E-state index is 0.348. The Hall–Kier alpha value is -2.15. The van der Waals surface area contributed by atoms with Crippen LogP contribution in [-0.2, 0) is 4.79 Å². The van der Waals surface area contributed by atoms with Crippen molar-refractivity contribution in [1.29, 1.82) is 0 Å². The van der Waals surface area contributed by atoms with E-state index in [0.29, 0.717) is 5.69 Å². The summed E-state index contributed by atoms with van der Waals surface area (Å²) in [5.74, 6) is -1.38. The van der Waals surface area contributed by atoms with Gasteiger partial charge in [0.15, 0.2) is 6.10 Å². The van der Waals surface area contributed by atoms with E-state index in [4.69, 9.17) is 10.2 Å². The van der Waals surface area contributed by atoms with Crippen LogP contribution in [0.2, 0.25) is 0 Å². The summed E-state index contributed by atoms with van der Waals surface area (Å²) in [5, 5.41) is 19.7. The SMILES string of the molecule is CN(C(=O)NC[C@H](O)C(=O)O)c1cccnc1. The van der Waals surface area contributed by atoms with Gasteiger partial charge in [-0.1, -0.05) is 0 Å². The molecular formula is C10H13N3O4. The molecule has 3 N–H and O–H groups in total. The van der Waals surface area contributed by atoms with Crippen molar-refractivity contribution in [3.05, 3.63) is 24.5 Å². The number of nitrogens with zero attached hydrogens (tertiary/aromatic N) is 2. The summed E-state index contributed by atoms with van der Waals surface area (Å²) in [7, 11) is 1.51. The molecule has 0 saturated heterocycles. The van der Waals surface area contributed by atoms with Gasteiger partial charge in [0.2, 0.25) is 0 Å². The van der Waals surface area contributed by atoms with E-state index < -0.39 is 18.1 Å². The molecule has 1 aromatic rings. The van der Waals surface area contributed by atoms with E-state index in [-0.39, 0.29) is 6.54 Å². The first-order valence-corrected chi connectivity index (χ1v) is 4.85. The van der Waals surface area contributed by atoms with Crippen LogP contribution in [0, 0.1) is 0 Å². The number of carboxylic acids is 1. The molecule has 0 bridgehead atoms. The van der Waals surface area contributed by atoms with Gasteiger partial charge in [-0.05, 0) is 12.1 Å². The highest BCUT2D eigenvalue weighted by atomic mass is 16.4. The summed E-state index contributed by atoms with van der Waals surface area (Å²) in [6.07, 6.45) is 1.46. The number of amides is 2. The second-order valence-electron chi connectivity index (χ2n) is 3.31. The molecule has 1 heterocycles. The number of carbonyl (C=O) groups is 2. The molecule has 0 aromatic carbocycles. The Balaban J connectivity index is 2.51. The van der Waals surface area contributed by atoms with Crippen molar-refractivity contribution in [3.8, 4) is 0 Å². The Morgan fingerprint density at radius 1 is 1.59 bits per heavy atom. The Morgan fingerprint density at radius 3 is 2.82 bits per heavy atom. The highest BCUT2D eigenvalue weighted by molar-refractivity contribution is 5.91. The van der Waals surface area contributed by atoms with Gasteiger partial charge in [0.25, 0.3) is 0 Å². The van der Waals surface area contributed by atoms with Crippen LogP contribution in [-0.4, -0.2) is 46.9 Å². The third kappa shape index (κ3) is 3.72. The van der Waals surface area contributed by atoms with Crippen molar-refractivity contribution in [3.63, 3.8) is 0 Å². The topological polar surface area (TPSA) is 103 Å². The number of rotatable bonds is 4. The number of urea groups is 1. The molecule has 0 aliphatic heterocycles. The van der Waals surface area contributed by atoms with Crippen molar-refractivity contribution >= 4 is 17.7 Å². The molecular weight excluding hydrogens is 226 g/mol. The standard InChI is InChI=1S/C10H13N3O4/c1-13(7-3-2-4-11-5-7)10(17)12-6-8(14)9(15)16/h2-5,8,14H,6H2,1H3,(H,12,17)(H,15,16)/t8-/m0/s1. The van der Waals surface area contributed by atoms with Crippen LogP contribution in [0.15, 0.2) is 24.5 Å². The Kier molecular flexibility index (Phi) is 4.41. The fourth-order valence-corrected chi connectivity index (χ4v) is 1.06. The number of aliphatic hydroxyl groups is 1. The Labute approximate surface area is 97.7 Å². The molecule has 1 atom stereocenters. The van der Waals surface area contributed by atoms with E-state index in [2.05, 4.69) is 10.3 Å². The summed E-state index contributed by atoms with van der Waals surface area (Å²) in [5.41, 5.74) is 0.565. The number of anilines is 1. The lowest BCUT2D eigenvalue weighted by atomic mass is 10.3. The van der Waals surface area contributed by atoms with E-state index in [1.165, 1.54) is 18.1 Å². The van der Waals surface area contributed by atoms with Gasteiger partial charge in [0.05, 0.1) is 18.4 Å². The van der Waals surface area contributed by atoms with Gasteiger partial charge >= 0.3 is 12.0 Å². The smallest absolute Gasteiger partial charge is 0.334 e. The van der Waals surface area contributed by atoms with E-state index in [0.717, 1.165) is 0 Å². The molecule has 0 spiro atoms. The largest absolute Gasteiger partial charge is 0.479 e. The Morgan fingerprint density at radius 2 is 2.29 bits per heavy atom. The van der Waals surface area contributed by atoms with Crippen molar-refractivity contribution < 1.29 is 19.8 Å². The number of hydrogen-bond acceptors (Lipinski definition) is 4. The van der Waals surface area contributed by atoms with Gasteiger partial charge < -0.3 is 15.5 Å². The van der Waals surface area contributed by atoms with Crippen LogP contribution in [0.4, 0.5) is 10.5 Å². The fourth-order valence-electron chi connectivity index (χ4n) is 1.06. The van der Waals surface area contributed by atoms with Crippen molar-refractivity contribution in [2.24, 2.45) is 0 Å². The van der Waals surface area contributed by atoms with Gasteiger partial charge in [0.1, 0.15) is 0 Å². The number of carboxylic acid groups (broad SMARTS) is 1. The van der Waals surface area contributed by atoms with Crippen molar-refractivity contribution in [1.82, 2.24) is 10.3 Å². The molecule has 1 aromatic heterocycles. The fraction of sp³-hybridized carbons (Fsp3) is 0.300. The van der Waals surface area contributed by atoms with E-state index in [9.17, 15) is 9.59 Å². The number of aliphatic carboxylic acids is 1. The molecule has 0 aliphatic rings. The normalized spacial score (nSPS) is 11.6. The molecule has 17 heavy (non-hydrogen) atoms. The van der Waals surface area contributed by atoms with Crippen LogP contribution >= 0.6 is 0 Å². The van der Waals surface area contributed by atoms with Crippen LogP contribution in [0.5, 0.6) is 0 Å². The van der Waals surface area contributed by atoms with Crippen LogP contribution < -0.4 is 10.2 Å². The first-order chi connectivity index (χ1) is 8.02. The lowest BCUT2D eigenvalue weighted by Crippen LogP contribution is -2.43. The molecule has 92 valence electrons. The molecule has 7 heteroatoms. The van der Waals surface area contributed by atoms with E-state index >= 15 is 0 Å². The first kappa shape index (κ1) is 12.9. The Bertz CT molecular complexity index is 396.